The molecule has 0 aromatic heterocycles. The van der Waals surface area contributed by atoms with Crippen LogP contribution in [0.3, 0.4) is 0 Å². The van der Waals surface area contributed by atoms with Gasteiger partial charge in [0.1, 0.15) is 5.75 Å². The Hall–Kier alpha value is -1.55. The lowest BCUT2D eigenvalue weighted by Gasteiger charge is -2.26. The number of aromatic hydroxyl groups is 1. The van der Waals surface area contributed by atoms with Crippen molar-refractivity contribution in [3.8, 4) is 5.75 Å². The van der Waals surface area contributed by atoms with Gasteiger partial charge in [0.2, 0.25) is 5.91 Å². The number of carbonyl (C=O) groups is 1. The van der Waals surface area contributed by atoms with Crippen LogP contribution in [0.4, 0.5) is 5.69 Å². The lowest BCUT2D eigenvalue weighted by Crippen LogP contribution is -2.38. The van der Waals surface area contributed by atoms with Crippen LogP contribution in [0.25, 0.3) is 0 Å². The van der Waals surface area contributed by atoms with Gasteiger partial charge in [-0.1, -0.05) is 13.3 Å². The summed E-state index contributed by atoms with van der Waals surface area (Å²) in [4.78, 5) is 12.5. The van der Waals surface area contributed by atoms with E-state index in [1.54, 1.807) is 18.2 Å². The van der Waals surface area contributed by atoms with Gasteiger partial charge in [-0.05, 0) is 50.1 Å². The molecule has 0 spiro atoms. The maximum Gasteiger partial charge on any atom is 0.231 e. The molecule has 4 heteroatoms. The molecule has 4 nitrogen and oxygen atoms in total. The Balaban J connectivity index is 2.12. The molecule has 1 unspecified atom stereocenters. The fourth-order valence-electron chi connectivity index (χ4n) is 2.74. The minimum absolute atomic E-state index is 0.0874. The molecular weight excluding hydrogens is 240 g/mol. The lowest BCUT2D eigenvalue weighted by molar-refractivity contribution is -0.125. The summed E-state index contributed by atoms with van der Waals surface area (Å²) in [6, 6.07) is 5.15. The minimum atomic E-state index is -0.277. The Morgan fingerprint density at radius 3 is 2.89 bits per heavy atom. The van der Waals surface area contributed by atoms with Crippen LogP contribution in [0.15, 0.2) is 18.2 Å². The summed E-state index contributed by atoms with van der Waals surface area (Å²) in [5.41, 5.74) is 1.25. The van der Waals surface area contributed by atoms with Crippen LogP contribution in [0.1, 0.15) is 31.7 Å². The summed E-state index contributed by atoms with van der Waals surface area (Å²) in [7, 11) is 0. The van der Waals surface area contributed by atoms with Gasteiger partial charge >= 0.3 is 0 Å². The van der Waals surface area contributed by atoms with E-state index < -0.39 is 0 Å². The van der Waals surface area contributed by atoms with E-state index in [0.717, 1.165) is 43.6 Å². The summed E-state index contributed by atoms with van der Waals surface area (Å²) in [5, 5.41) is 15.8. The first kappa shape index (κ1) is 13.9. The predicted octanol–water partition coefficient (Wildman–Crippen LogP) is 2.42. The van der Waals surface area contributed by atoms with Crippen LogP contribution >= 0.6 is 0 Å². The normalized spacial score (nSPS) is 22.4. The summed E-state index contributed by atoms with van der Waals surface area (Å²) < 4.78 is 0. The fourth-order valence-corrected chi connectivity index (χ4v) is 2.74. The number of phenolic OH excluding ortho intramolecular Hbond substituents is 1. The van der Waals surface area contributed by atoms with Crippen molar-refractivity contribution < 1.29 is 9.90 Å². The highest BCUT2D eigenvalue weighted by atomic mass is 16.3. The smallest absolute Gasteiger partial charge is 0.231 e. The molecule has 1 aliphatic heterocycles. The average molecular weight is 262 g/mol. The molecule has 0 radical (unpaired) electrons. The molecule has 1 aliphatic rings. The molecule has 1 atom stereocenters. The van der Waals surface area contributed by atoms with Gasteiger partial charge in [0.05, 0.1) is 5.41 Å². The Morgan fingerprint density at radius 1 is 1.53 bits per heavy atom. The molecule has 0 saturated carbocycles. The van der Waals surface area contributed by atoms with Crippen molar-refractivity contribution in [1.29, 1.82) is 0 Å². The molecular formula is C15H22N2O2. The third-order valence-corrected chi connectivity index (χ3v) is 3.91. The maximum absolute atomic E-state index is 12.5. The van der Waals surface area contributed by atoms with Crippen LogP contribution in [-0.2, 0) is 4.79 Å². The number of nitrogens with one attached hydrogen (secondary N) is 2. The highest BCUT2D eigenvalue weighted by Crippen LogP contribution is 2.33. The molecule has 1 heterocycles. The fraction of sp³-hybridized carbons (Fsp3) is 0.533. The van der Waals surface area contributed by atoms with Crippen molar-refractivity contribution in [1.82, 2.24) is 5.32 Å². The Morgan fingerprint density at radius 2 is 2.32 bits per heavy atom. The van der Waals surface area contributed by atoms with E-state index in [1.807, 2.05) is 6.92 Å². The molecule has 1 aromatic carbocycles. The molecule has 0 bridgehead atoms. The Labute approximate surface area is 114 Å². The zero-order valence-electron chi connectivity index (χ0n) is 11.6. The van der Waals surface area contributed by atoms with Gasteiger partial charge in [0.15, 0.2) is 0 Å². The number of hydrogen-bond acceptors (Lipinski definition) is 3. The van der Waals surface area contributed by atoms with E-state index in [9.17, 15) is 9.90 Å². The number of aryl methyl sites for hydroxylation is 1. The molecule has 1 aromatic rings. The predicted molar refractivity (Wildman–Crippen MR) is 76.3 cm³/mol. The van der Waals surface area contributed by atoms with E-state index in [4.69, 9.17) is 0 Å². The number of phenols is 1. The Kier molecular flexibility index (Phi) is 4.10. The Bertz CT molecular complexity index is 465. The summed E-state index contributed by atoms with van der Waals surface area (Å²) in [6.45, 7) is 5.59. The molecule has 2 rings (SSSR count). The van der Waals surface area contributed by atoms with Crippen LogP contribution in [0.5, 0.6) is 5.75 Å². The third-order valence-electron chi connectivity index (χ3n) is 3.91. The van der Waals surface area contributed by atoms with Gasteiger partial charge in [0.25, 0.3) is 0 Å². The highest BCUT2D eigenvalue weighted by Gasteiger charge is 2.40. The van der Waals surface area contributed by atoms with E-state index in [-0.39, 0.29) is 17.1 Å². The summed E-state index contributed by atoms with van der Waals surface area (Å²) >= 11 is 0. The second-order valence-corrected chi connectivity index (χ2v) is 5.41. The van der Waals surface area contributed by atoms with E-state index in [0.29, 0.717) is 0 Å². The largest absolute Gasteiger partial charge is 0.508 e. The first-order valence-corrected chi connectivity index (χ1v) is 6.89. The number of amides is 1. The number of anilines is 1. The van der Waals surface area contributed by atoms with Gasteiger partial charge in [-0.2, -0.15) is 0 Å². The van der Waals surface area contributed by atoms with E-state index >= 15 is 0 Å². The lowest BCUT2D eigenvalue weighted by atomic mass is 9.81. The van der Waals surface area contributed by atoms with Crippen LogP contribution in [-0.4, -0.2) is 24.1 Å². The highest BCUT2D eigenvalue weighted by molar-refractivity contribution is 5.95. The van der Waals surface area contributed by atoms with Crippen LogP contribution in [0, 0.1) is 12.3 Å². The van der Waals surface area contributed by atoms with Gasteiger partial charge in [-0.3, -0.25) is 4.79 Å². The number of benzene rings is 1. The maximum atomic E-state index is 12.5. The molecule has 3 N–H and O–H groups in total. The third kappa shape index (κ3) is 2.89. The number of rotatable bonds is 4. The van der Waals surface area contributed by atoms with Crippen LogP contribution in [0.2, 0.25) is 0 Å². The molecule has 1 amide bonds. The molecule has 1 saturated heterocycles. The van der Waals surface area contributed by atoms with Crippen molar-refractivity contribution in [2.24, 2.45) is 5.41 Å². The molecule has 104 valence electrons. The molecule has 19 heavy (non-hydrogen) atoms. The minimum Gasteiger partial charge on any atom is -0.508 e. The van der Waals surface area contributed by atoms with Gasteiger partial charge in [-0.25, -0.2) is 0 Å². The van der Waals surface area contributed by atoms with Crippen molar-refractivity contribution in [3.63, 3.8) is 0 Å². The second-order valence-electron chi connectivity index (χ2n) is 5.41. The first-order chi connectivity index (χ1) is 9.07. The van der Waals surface area contributed by atoms with Gasteiger partial charge in [0, 0.05) is 12.2 Å². The summed E-state index contributed by atoms with van der Waals surface area (Å²) in [6.07, 6.45) is 2.80. The van der Waals surface area contributed by atoms with Crippen molar-refractivity contribution in [2.45, 2.75) is 33.1 Å². The monoisotopic (exact) mass is 262 g/mol. The van der Waals surface area contributed by atoms with Crippen LogP contribution < -0.4 is 10.6 Å². The zero-order valence-corrected chi connectivity index (χ0v) is 11.6. The van der Waals surface area contributed by atoms with Crippen molar-refractivity contribution in [3.05, 3.63) is 23.8 Å². The number of carbonyl (C=O) groups excluding carboxylic acids is 1. The van der Waals surface area contributed by atoms with E-state index in [2.05, 4.69) is 17.6 Å². The first-order valence-electron chi connectivity index (χ1n) is 6.89. The molecule has 0 aliphatic carbocycles. The van der Waals surface area contributed by atoms with Crippen molar-refractivity contribution >= 4 is 11.6 Å². The topological polar surface area (TPSA) is 61.4 Å². The van der Waals surface area contributed by atoms with E-state index in [1.165, 1.54) is 0 Å². The average Bonchev–Trinajstić information content (AvgIpc) is 2.84. The number of hydrogen-bond donors (Lipinski definition) is 3. The SMILES string of the molecule is CCCC1(C(=O)Nc2ccc(O)c(C)c2)CCNC1. The molecule has 1 fully saturated rings. The second kappa shape index (κ2) is 5.61. The van der Waals surface area contributed by atoms with Gasteiger partial charge < -0.3 is 15.7 Å². The quantitative estimate of drug-likeness (QED) is 0.730. The van der Waals surface area contributed by atoms with Crippen molar-refractivity contribution in [2.75, 3.05) is 18.4 Å². The van der Waals surface area contributed by atoms with Gasteiger partial charge in [-0.15, -0.1) is 0 Å². The summed E-state index contributed by atoms with van der Waals surface area (Å²) in [5.74, 6) is 0.341. The zero-order chi connectivity index (χ0) is 13.9. The standard InChI is InChI=1S/C15H22N2O2/c1-3-6-15(7-8-16-10-15)14(19)17-12-4-5-13(18)11(2)9-12/h4-5,9,16,18H,3,6-8,10H2,1-2H3,(H,17,19).